The molecule has 6 nitrogen and oxygen atoms in total. The lowest BCUT2D eigenvalue weighted by molar-refractivity contribution is 0.105. The van der Waals surface area contributed by atoms with Crippen molar-refractivity contribution < 1.29 is 22.5 Å². The molecular weight excluding hydrogens is 222 g/mol. The molecule has 0 spiro atoms. The van der Waals surface area contributed by atoms with E-state index < -0.39 is 34.0 Å². The maximum atomic E-state index is 11.4. The maximum Gasteiger partial charge on any atom is 0.423 e. The molecule has 1 aliphatic heterocycles. The van der Waals surface area contributed by atoms with Gasteiger partial charge in [-0.25, -0.2) is 8.98 Å². The van der Waals surface area contributed by atoms with E-state index in [0.29, 0.717) is 4.31 Å². The zero-order valence-corrected chi connectivity index (χ0v) is 9.91. The van der Waals surface area contributed by atoms with Crippen LogP contribution in [-0.4, -0.2) is 36.1 Å². The van der Waals surface area contributed by atoms with Crippen LogP contribution in [0.4, 0.5) is 4.79 Å². The van der Waals surface area contributed by atoms with E-state index in [0.717, 1.165) is 0 Å². The van der Waals surface area contributed by atoms with E-state index in [2.05, 4.69) is 4.18 Å². The fourth-order valence-corrected chi connectivity index (χ4v) is 3.43. The summed E-state index contributed by atoms with van der Waals surface area (Å²) >= 11 is 0. The molecule has 0 aromatic heterocycles. The second-order valence-electron chi connectivity index (χ2n) is 4.65. The Hall–Kier alpha value is -0.820. The number of hydrogen-bond donors (Lipinski definition) is 1. The molecule has 0 saturated carbocycles. The smallest absolute Gasteiger partial charge is 0.423 e. The number of hydrogen-bond acceptors (Lipinski definition) is 4. The molecule has 0 radical (unpaired) electrons. The summed E-state index contributed by atoms with van der Waals surface area (Å²) in [5, 5.41) is 8.87. The summed E-state index contributed by atoms with van der Waals surface area (Å²) in [5.74, 6) is 0. The highest BCUT2D eigenvalue weighted by Crippen LogP contribution is 2.36. The van der Waals surface area contributed by atoms with Crippen LogP contribution in [0, 0.1) is 5.41 Å². The first-order chi connectivity index (χ1) is 6.57. The molecule has 0 aromatic carbocycles. The molecule has 1 amide bonds. The highest BCUT2D eigenvalue weighted by Gasteiger charge is 2.52. The lowest BCUT2D eigenvalue weighted by Gasteiger charge is -2.31. The summed E-state index contributed by atoms with van der Waals surface area (Å²) in [4.78, 5) is 10.9. The van der Waals surface area contributed by atoms with Crippen molar-refractivity contribution in [1.82, 2.24) is 4.31 Å². The van der Waals surface area contributed by atoms with E-state index in [-0.39, 0.29) is 0 Å². The van der Waals surface area contributed by atoms with Gasteiger partial charge in [0.05, 0.1) is 12.1 Å². The Labute approximate surface area is 89.1 Å². The molecule has 1 saturated heterocycles. The van der Waals surface area contributed by atoms with Gasteiger partial charge < -0.3 is 5.11 Å². The number of nitrogens with zero attached hydrogens (tertiary/aromatic N) is 1. The molecule has 0 aliphatic carbocycles. The molecule has 1 rings (SSSR count). The van der Waals surface area contributed by atoms with Gasteiger partial charge in [-0.05, 0) is 12.3 Å². The minimum absolute atomic E-state index is 0.400. The van der Waals surface area contributed by atoms with Crippen molar-refractivity contribution in [3.05, 3.63) is 0 Å². The van der Waals surface area contributed by atoms with Crippen molar-refractivity contribution >= 4 is 16.4 Å². The quantitative estimate of drug-likeness (QED) is 0.680. The van der Waals surface area contributed by atoms with E-state index in [1.165, 1.54) is 0 Å². The minimum Gasteiger partial charge on any atom is -0.464 e. The average molecular weight is 237 g/mol. The van der Waals surface area contributed by atoms with Gasteiger partial charge in [-0.1, -0.05) is 20.8 Å². The van der Waals surface area contributed by atoms with Crippen molar-refractivity contribution in [3.8, 4) is 0 Å². The Morgan fingerprint density at radius 1 is 1.40 bits per heavy atom. The Balaban J connectivity index is 3.22. The molecule has 0 bridgehead atoms. The highest BCUT2D eigenvalue weighted by molar-refractivity contribution is 7.85. The van der Waals surface area contributed by atoms with Crippen LogP contribution in [0.5, 0.6) is 0 Å². The maximum absolute atomic E-state index is 11.4. The first-order valence-electron chi connectivity index (χ1n) is 4.53. The first kappa shape index (κ1) is 12.3. The zero-order valence-electron chi connectivity index (χ0n) is 9.09. The van der Waals surface area contributed by atoms with Gasteiger partial charge in [0.2, 0.25) is 0 Å². The van der Waals surface area contributed by atoms with Gasteiger partial charge >= 0.3 is 16.4 Å². The van der Waals surface area contributed by atoms with Crippen molar-refractivity contribution in [1.29, 1.82) is 0 Å². The molecule has 0 aromatic rings. The third-order valence-electron chi connectivity index (χ3n) is 2.29. The Bertz CT molecular complexity index is 369. The summed E-state index contributed by atoms with van der Waals surface area (Å²) in [6.45, 7) is 6.87. The Morgan fingerprint density at radius 3 is 2.13 bits per heavy atom. The SMILES string of the molecule is CC1OS(=O)(=O)N(C(=O)O)C1C(C)(C)C. The lowest BCUT2D eigenvalue weighted by atomic mass is 9.84. The van der Waals surface area contributed by atoms with Crippen LogP contribution in [0.15, 0.2) is 0 Å². The van der Waals surface area contributed by atoms with Crippen molar-refractivity contribution in [2.45, 2.75) is 39.8 Å². The summed E-state index contributed by atoms with van der Waals surface area (Å²) in [6, 6.07) is -0.694. The van der Waals surface area contributed by atoms with Crippen molar-refractivity contribution in [3.63, 3.8) is 0 Å². The van der Waals surface area contributed by atoms with E-state index >= 15 is 0 Å². The van der Waals surface area contributed by atoms with Gasteiger partial charge in [0, 0.05) is 0 Å². The van der Waals surface area contributed by atoms with E-state index in [1.54, 1.807) is 27.7 Å². The van der Waals surface area contributed by atoms with Crippen LogP contribution >= 0.6 is 0 Å². The average Bonchev–Trinajstić information content (AvgIpc) is 2.17. The van der Waals surface area contributed by atoms with Crippen LogP contribution in [-0.2, 0) is 14.5 Å². The number of carbonyl (C=O) groups is 1. The third-order valence-corrected chi connectivity index (χ3v) is 3.70. The highest BCUT2D eigenvalue weighted by atomic mass is 32.2. The predicted molar refractivity (Wildman–Crippen MR) is 52.6 cm³/mol. The molecule has 2 atom stereocenters. The molecule has 7 heteroatoms. The van der Waals surface area contributed by atoms with Gasteiger partial charge in [-0.15, -0.1) is 0 Å². The number of amides is 1. The van der Waals surface area contributed by atoms with Crippen LogP contribution in [0.3, 0.4) is 0 Å². The summed E-state index contributed by atoms with van der Waals surface area (Å²) in [6.07, 6.45) is -2.16. The predicted octanol–water partition coefficient (Wildman–Crippen LogP) is 1.04. The zero-order chi connectivity index (χ0) is 12.0. The third kappa shape index (κ3) is 2.07. The van der Waals surface area contributed by atoms with Crippen LogP contribution in [0.25, 0.3) is 0 Å². The molecule has 1 aliphatic rings. The first-order valence-corrected chi connectivity index (χ1v) is 5.89. The number of rotatable bonds is 0. The fraction of sp³-hybridized carbons (Fsp3) is 0.875. The number of carboxylic acid groups (broad SMARTS) is 1. The van der Waals surface area contributed by atoms with Gasteiger partial charge in [0.15, 0.2) is 0 Å². The van der Waals surface area contributed by atoms with Crippen molar-refractivity contribution in [2.24, 2.45) is 5.41 Å². The van der Waals surface area contributed by atoms with Crippen LogP contribution < -0.4 is 0 Å². The van der Waals surface area contributed by atoms with Crippen LogP contribution in [0.1, 0.15) is 27.7 Å². The Kier molecular flexibility index (Phi) is 2.73. The van der Waals surface area contributed by atoms with Gasteiger partial charge in [-0.3, -0.25) is 0 Å². The molecule has 15 heavy (non-hydrogen) atoms. The van der Waals surface area contributed by atoms with Gasteiger partial charge in [0.1, 0.15) is 0 Å². The molecule has 1 N–H and O–H groups in total. The van der Waals surface area contributed by atoms with E-state index in [4.69, 9.17) is 5.11 Å². The molecule has 2 unspecified atom stereocenters. The second-order valence-corrected chi connectivity index (χ2v) is 6.09. The second kappa shape index (κ2) is 3.34. The summed E-state index contributed by atoms with van der Waals surface area (Å²) in [5.41, 5.74) is -0.499. The molecule has 1 fully saturated rings. The molecular formula is C8H15NO5S. The minimum atomic E-state index is -4.13. The molecule has 1 heterocycles. The standard InChI is InChI=1S/C8H15NO5S/c1-5-6(8(2,3)4)9(7(10)11)15(12,13)14-5/h5-6H,1-4H3,(H,10,11). The monoisotopic (exact) mass is 237 g/mol. The van der Waals surface area contributed by atoms with E-state index in [9.17, 15) is 13.2 Å². The Morgan fingerprint density at radius 2 is 1.87 bits per heavy atom. The summed E-state index contributed by atoms with van der Waals surface area (Å²) in [7, 11) is -4.13. The van der Waals surface area contributed by atoms with Gasteiger partial charge in [-0.2, -0.15) is 12.7 Å². The van der Waals surface area contributed by atoms with Gasteiger partial charge in [0.25, 0.3) is 0 Å². The van der Waals surface area contributed by atoms with E-state index in [1.807, 2.05) is 0 Å². The molecule has 88 valence electrons. The topological polar surface area (TPSA) is 83.9 Å². The fourth-order valence-electron chi connectivity index (χ4n) is 1.89. The van der Waals surface area contributed by atoms with Crippen molar-refractivity contribution in [2.75, 3.05) is 0 Å². The summed E-state index contributed by atoms with van der Waals surface area (Å²) < 4.78 is 27.9. The lowest BCUT2D eigenvalue weighted by Crippen LogP contribution is -2.47. The van der Waals surface area contributed by atoms with Crippen LogP contribution in [0.2, 0.25) is 0 Å². The largest absolute Gasteiger partial charge is 0.464 e. The normalized spacial score (nSPS) is 30.5.